The van der Waals surface area contributed by atoms with E-state index in [0.717, 1.165) is 69.6 Å². The van der Waals surface area contributed by atoms with Crippen molar-refractivity contribution in [3.8, 4) is 11.5 Å². The molecule has 0 aliphatic carbocycles. The number of thiol groups is 1. The minimum absolute atomic E-state index is 0. The molecule has 1 N–H and O–H groups in total. The molecule has 0 amide bonds. The summed E-state index contributed by atoms with van der Waals surface area (Å²) in [7, 11) is 0. The molecule has 0 bridgehead atoms. The molecule has 0 saturated carbocycles. The third-order valence-electron chi connectivity index (χ3n) is 6.99. The van der Waals surface area contributed by atoms with Crippen LogP contribution in [0, 0.1) is 12.7 Å². The van der Waals surface area contributed by atoms with Crippen molar-refractivity contribution in [2.75, 3.05) is 6.54 Å². The first kappa shape index (κ1) is 34.3. The SMILES string of the molecule is Cc1c(CCCNCc2ccc(F)c(Cl)c2)c([O][Tl])c2cccnc2c1OC(c1ccccc1)c1ccccc1.P.[SH-]. The monoisotopic (exact) mass is 811 g/mol. The molecule has 4 nitrogen and oxygen atoms in total. The van der Waals surface area contributed by atoms with Crippen LogP contribution in [0.4, 0.5) is 4.39 Å². The van der Waals surface area contributed by atoms with Gasteiger partial charge in [0, 0.05) is 0 Å². The Balaban J connectivity index is 0.00000242. The topological polar surface area (TPSA) is 43.4 Å². The molecule has 0 fully saturated rings. The Hall–Kier alpha value is -2.23. The van der Waals surface area contributed by atoms with Gasteiger partial charge in [-0.1, -0.05) is 0 Å². The minimum Gasteiger partial charge on any atom is -0.813 e. The number of nitrogens with one attached hydrogen (secondary N) is 1. The normalized spacial score (nSPS) is 10.6. The third-order valence-corrected chi connectivity index (χ3v) is 8.19. The maximum atomic E-state index is 13.5. The first-order chi connectivity index (χ1) is 19.6. The van der Waals surface area contributed by atoms with Gasteiger partial charge in [-0.3, -0.25) is 0 Å². The summed E-state index contributed by atoms with van der Waals surface area (Å²) in [5.41, 5.74) is 6.10. The summed E-state index contributed by atoms with van der Waals surface area (Å²) in [5, 5.41) is 4.56. The van der Waals surface area contributed by atoms with E-state index in [2.05, 4.69) is 42.6 Å². The molecule has 0 spiro atoms. The molecule has 0 aliphatic heterocycles. The van der Waals surface area contributed by atoms with Crippen molar-refractivity contribution in [3.05, 3.63) is 136 Å². The molecule has 0 saturated heterocycles. The Bertz CT molecular complexity index is 1560. The number of rotatable bonds is 11. The predicted octanol–water partition coefficient (Wildman–Crippen LogP) is 7.48. The van der Waals surface area contributed by atoms with Crippen molar-refractivity contribution < 1.29 is 11.8 Å². The van der Waals surface area contributed by atoms with E-state index in [-0.39, 0.29) is 34.5 Å². The fourth-order valence-electron chi connectivity index (χ4n) is 4.97. The molecule has 1 aromatic heterocycles. The summed E-state index contributed by atoms with van der Waals surface area (Å²) in [6.45, 7) is 3.51. The van der Waals surface area contributed by atoms with Gasteiger partial charge in [-0.05, 0) is 0 Å². The van der Waals surface area contributed by atoms with Gasteiger partial charge in [-0.15, -0.1) is 0 Å². The zero-order valence-electron chi connectivity index (χ0n) is 23.4. The Morgan fingerprint density at radius 1 is 0.929 bits per heavy atom. The maximum Gasteiger partial charge on any atom is -0.153 e. The number of hydrogen-bond donors (Lipinski definition) is 1. The van der Waals surface area contributed by atoms with Gasteiger partial charge in [-0.2, -0.15) is 9.90 Å². The van der Waals surface area contributed by atoms with Gasteiger partial charge in [0.1, 0.15) is 0 Å². The minimum atomic E-state index is -0.400. The molecular weight excluding hydrogens is 778 g/mol. The molecule has 4 aromatic carbocycles. The Morgan fingerprint density at radius 3 is 2.21 bits per heavy atom. The van der Waals surface area contributed by atoms with Gasteiger partial charge in [-0.25, -0.2) is 4.39 Å². The van der Waals surface area contributed by atoms with Crippen molar-refractivity contribution in [2.45, 2.75) is 32.4 Å². The number of benzene rings is 4. The van der Waals surface area contributed by atoms with E-state index in [1.165, 1.54) is 6.07 Å². The van der Waals surface area contributed by atoms with Gasteiger partial charge >= 0.3 is 253 Å². The van der Waals surface area contributed by atoms with Crippen molar-refractivity contribution in [2.24, 2.45) is 0 Å². The quantitative estimate of drug-likeness (QED) is 0.0494. The van der Waals surface area contributed by atoms with E-state index in [9.17, 15) is 4.39 Å². The molecule has 5 rings (SSSR count). The molecule has 216 valence electrons. The summed E-state index contributed by atoms with van der Waals surface area (Å²) in [6.07, 6.45) is 3.23. The number of ether oxygens (including phenoxy) is 1. The summed E-state index contributed by atoms with van der Waals surface area (Å²) in [6, 6.07) is 29.4. The largest absolute Gasteiger partial charge is 0.813 e. The van der Waals surface area contributed by atoms with Crippen molar-refractivity contribution in [3.63, 3.8) is 0 Å². The van der Waals surface area contributed by atoms with Gasteiger partial charge in [0.15, 0.2) is 0 Å². The molecule has 1 atom stereocenters. The number of nitrogens with zero attached hydrogens (tertiary/aromatic N) is 1. The maximum absolute atomic E-state index is 13.5. The van der Waals surface area contributed by atoms with E-state index in [1.54, 1.807) is 18.3 Å². The van der Waals surface area contributed by atoms with Gasteiger partial charge in [0.2, 0.25) is 0 Å². The molecule has 1 heterocycles. The summed E-state index contributed by atoms with van der Waals surface area (Å²) < 4.78 is 26.5. The van der Waals surface area contributed by atoms with Crippen LogP contribution in [0.3, 0.4) is 0 Å². The number of halogens is 2. The van der Waals surface area contributed by atoms with Crippen LogP contribution in [0.2, 0.25) is 5.02 Å². The summed E-state index contributed by atoms with van der Waals surface area (Å²) in [4.78, 5) is 4.75. The van der Waals surface area contributed by atoms with Crippen molar-refractivity contribution >= 4 is 72.1 Å². The molecule has 0 radical (unpaired) electrons. The second-order valence-corrected chi connectivity index (χ2v) is 11.0. The van der Waals surface area contributed by atoms with E-state index in [4.69, 9.17) is 24.0 Å². The second kappa shape index (κ2) is 16.6. The molecule has 1 unspecified atom stereocenters. The zero-order chi connectivity index (χ0) is 27.9. The molecular formula is C33H33ClFN2O2PSTl-. The smallest absolute Gasteiger partial charge is 0.153 e. The van der Waals surface area contributed by atoms with Crippen LogP contribution in [0.1, 0.15) is 40.3 Å². The van der Waals surface area contributed by atoms with Gasteiger partial charge in [0.05, 0.1) is 0 Å². The summed E-state index contributed by atoms with van der Waals surface area (Å²) in [5.74, 6) is 1.28. The second-order valence-electron chi connectivity index (χ2n) is 9.63. The van der Waals surface area contributed by atoms with E-state index in [1.807, 2.05) is 42.5 Å². The van der Waals surface area contributed by atoms with Gasteiger partial charge in [0.25, 0.3) is 0 Å². The molecule has 5 aromatic rings. The average molecular weight is 812 g/mol. The molecule has 0 aliphatic rings. The van der Waals surface area contributed by atoms with Crippen LogP contribution in [0.25, 0.3) is 10.9 Å². The van der Waals surface area contributed by atoms with Crippen LogP contribution < -0.4 is 12.7 Å². The number of fused-ring (bicyclic) bond motifs is 1. The van der Waals surface area contributed by atoms with E-state index < -0.39 is 5.82 Å². The predicted molar refractivity (Wildman–Crippen MR) is 180 cm³/mol. The molecule has 9 heteroatoms. The average Bonchev–Trinajstić information content (AvgIpc) is 2.99. The van der Waals surface area contributed by atoms with E-state index in [0.29, 0.717) is 32.8 Å². The first-order valence-electron chi connectivity index (χ1n) is 13.2. The first-order valence-corrected chi connectivity index (χ1v) is 15.5. The summed E-state index contributed by atoms with van der Waals surface area (Å²) >= 11 is 6.27. The Morgan fingerprint density at radius 2 is 1.60 bits per heavy atom. The van der Waals surface area contributed by atoms with Crippen LogP contribution >= 0.6 is 21.5 Å². The van der Waals surface area contributed by atoms with Crippen LogP contribution in [-0.4, -0.2) is 37.7 Å². The van der Waals surface area contributed by atoms with Crippen LogP contribution in [0.5, 0.6) is 11.5 Å². The third kappa shape index (κ3) is 8.03. The Labute approximate surface area is 278 Å². The van der Waals surface area contributed by atoms with Crippen LogP contribution in [0.15, 0.2) is 97.2 Å². The number of hydrogen-bond acceptors (Lipinski definition) is 5. The number of aromatic nitrogens is 1. The van der Waals surface area contributed by atoms with Crippen molar-refractivity contribution in [1.82, 2.24) is 10.3 Å². The van der Waals surface area contributed by atoms with Crippen molar-refractivity contribution in [1.29, 1.82) is 0 Å². The Kier molecular flexibility index (Phi) is 13.5. The zero-order valence-corrected chi connectivity index (χ0v) is 30.9. The fourth-order valence-corrected chi connectivity index (χ4v) is 6.22. The van der Waals surface area contributed by atoms with E-state index >= 15 is 0 Å². The molecule has 42 heavy (non-hydrogen) atoms. The number of pyridine rings is 1. The van der Waals surface area contributed by atoms with Gasteiger partial charge < -0.3 is 13.5 Å². The standard InChI is InChI=1S/C33H30ClFN2O2.H3P.H2S.Tl/c1-22-26(14-8-18-36-21-23-16-17-29(35)28(34)20-23)31(38)27-15-9-19-37-30(27)32(22)39-33(24-10-4-2-5-11-24)25-12-6-3-7-13-25;;;/h2-7,9-13,15-17,19-20,33,36,38H,8,14,18,21H2,1H3;1H3;1H2;/q;;;+1/p-2. The van der Waals surface area contributed by atoms with Crippen LogP contribution in [-0.2, 0) is 26.5 Å². The fraction of sp³-hybridized carbons (Fsp3) is 0.182.